The number of nitrogens with zero attached hydrogens (tertiary/aromatic N) is 3. The van der Waals surface area contributed by atoms with Gasteiger partial charge in [0.05, 0.1) is 0 Å². The van der Waals surface area contributed by atoms with Crippen molar-refractivity contribution in [2.75, 3.05) is 44.2 Å². The first-order valence-electron chi connectivity index (χ1n) is 7.43. The van der Waals surface area contributed by atoms with Gasteiger partial charge >= 0.3 is 0 Å². The molecule has 2 fully saturated rings. The molecular formula is C14H24N4S. The number of piperidine rings is 1. The van der Waals surface area contributed by atoms with Crippen molar-refractivity contribution in [3.63, 3.8) is 0 Å². The number of aromatic nitrogens is 1. The number of nitrogens with one attached hydrogen (secondary N) is 1. The molecule has 1 aromatic heterocycles. The van der Waals surface area contributed by atoms with Gasteiger partial charge in [0.15, 0.2) is 5.13 Å². The van der Waals surface area contributed by atoms with E-state index in [0.29, 0.717) is 6.04 Å². The molecule has 4 nitrogen and oxygen atoms in total. The predicted molar refractivity (Wildman–Crippen MR) is 81.0 cm³/mol. The zero-order chi connectivity index (χ0) is 13.1. The van der Waals surface area contributed by atoms with Crippen LogP contribution in [0.15, 0.2) is 11.6 Å². The monoisotopic (exact) mass is 280 g/mol. The minimum atomic E-state index is 0.695. The van der Waals surface area contributed by atoms with Gasteiger partial charge in [0.2, 0.25) is 0 Å². The van der Waals surface area contributed by atoms with Crippen LogP contribution in [0.5, 0.6) is 0 Å². The van der Waals surface area contributed by atoms with E-state index in [0.717, 1.165) is 19.0 Å². The summed E-state index contributed by atoms with van der Waals surface area (Å²) >= 11 is 1.75. The summed E-state index contributed by atoms with van der Waals surface area (Å²) in [5.74, 6) is 0.825. The van der Waals surface area contributed by atoms with Crippen LogP contribution in [0.4, 0.5) is 5.13 Å². The fraction of sp³-hybridized carbons (Fsp3) is 0.786. The van der Waals surface area contributed by atoms with E-state index in [1.807, 2.05) is 6.20 Å². The normalized spacial score (nSPS) is 29.6. The molecular weight excluding hydrogens is 256 g/mol. The molecule has 1 N–H and O–H groups in total. The summed E-state index contributed by atoms with van der Waals surface area (Å²) in [6, 6.07) is 0.695. The van der Waals surface area contributed by atoms with Crippen molar-refractivity contribution >= 4 is 16.5 Å². The molecule has 2 unspecified atom stereocenters. The van der Waals surface area contributed by atoms with E-state index in [1.54, 1.807) is 11.3 Å². The van der Waals surface area contributed by atoms with Crippen molar-refractivity contribution in [2.45, 2.75) is 25.8 Å². The zero-order valence-corrected chi connectivity index (χ0v) is 12.5. The van der Waals surface area contributed by atoms with E-state index >= 15 is 0 Å². The Labute approximate surface area is 119 Å². The standard InChI is InChI=1S/C14H24N4S/c1-12-3-2-4-15-13(12)11-17-6-8-18(9-7-17)14-16-5-10-19-14/h5,10,12-13,15H,2-4,6-9,11H2,1H3. The lowest BCUT2D eigenvalue weighted by Crippen LogP contribution is -2.53. The summed E-state index contributed by atoms with van der Waals surface area (Å²) in [7, 11) is 0. The van der Waals surface area contributed by atoms with Gasteiger partial charge in [-0.25, -0.2) is 4.98 Å². The summed E-state index contributed by atoms with van der Waals surface area (Å²) < 4.78 is 0. The first-order valence-corrected chi connectivity index (χ1v) is 8.31. The van der Waals surface area contributed by atoms with Gasteiger partial charge in [-0.2, -0.15) is 0 Å². The first kappa shape index (κ1) is 13.3. The molecule has 0 radical (unpaired) electrons. The summed E-state index contributed by atoms with van der Waals surface area (Å²) in [4.78, 5) is 9.44. The number of piperazine rings is 1. The molecule has 0 saturated carbocycles. The van der Waals surface area contributed by atoms with Crippen LogP contribution in [0.25, 0.3) is 0 Å². The average Bonchev–Trinajstić information content (AvgIpc) is 2.96. The Bertz CT molecular complexity index is 373. The highest BCUT2D eigenvalue weighted by molar-refractivity contribution is 7.13. The molecule has 0 amide bonds. The lowest BCUT2D eigenvalue weighted by Gasteiger charge is -2.39. The lowest BCUT2D eigenvalue weighted by molar-refractivity contribution is 0.183. The van der Waals surface area contributed by atoms with Gasteiger partial charge in [-0.1, -0.05) is 6.92 Å². The minimum Gasteiger partial charge on any atom is -0.346 e. The molecule has 3 rings (SSSR count). The molecule has 2 atom stereocenters. The number of thiazole rings is 1. The highest BCUT2D eigenvalue weighted by Crippen LogP contribution is 2.20. The fourth-order valence-corrected chi connectivity index (χ4v) is 3.83. The van der Waals surface area contributed by atoms with E-state index in [1.165, 1.54) is 44.2 Å². The van der Waals surface area contributed by atoms with Crippen LogP contribution in [0, 0.1) is 5.92 Å². The highest BCUT2D eigenvalue weighted by Gasteiger charge is 2.25. The van der Waals surface area contributed by atoms with Gasteiger partial charge in [-0.3, -0.25) is 4.90 Å². The van der Waals surface area contributed by atoms with Gasteiger partial charge in [-0.15, -0.1) is 11.3 Å². The molecule has 0 aromatic carbocycles. The van der Waals surface area contributed by atoms with Crippen LogP contribution in [-0.2, 0) is 0 Å². The Morgan fingerprint density at radius 3 is 2.89 bits per heavy atom. The third-order valence-electron chi connectivity index (χ3n) is 4.45. The molecule has 19 heavy (non-hydrogen) atoms. The van der Waals surface area contributed by atoms with E-state index in [4.69, 9.17) is 0 Å². The molecule has 5 heteroatoms. The lowest BCUT2D eigenvalue weighted by atomic mass is 9.92. The largest absolute Gasteiger partial charge is 0.346 e. The fourth-order valence-electron chi connectivity index (χ4n) is 3.13. The number of anilines is 1. The van der Waals surface area contributed by atoms with Crippen molar-refractivity contribution in [1.82, 2.24) is 15.2 Å². The van der Waals surface area contributed by atoms with Crippen molar-refractivity contribution in [2.24, 2.45) is 5.92 Å². The van der Waals surface area contributed by atoms with Crippen molar-refractivity contribution in [3.05, 3.63) is 11.6 Å². The second-order valence-corrected chi connectivity index (χ2v) is 6.66. The molecule has 106 valence electrons. The van der Waals surface area contributed by atoms with Crippen LogP contribution < -0.4 is 10.2 Å². The van der Waals surface area contributed by atoms with Gasteiger partial charge < -0.3 is 10.2 Å². The van der Waals surface area contributed by atoms with Crippen LogP contribution in [-0.4, -0.2) is 55.2 Å². The van der Waals surface area contributed by atoms with Crippen molar-refractivity contribution in [1.29, 1.82) is 0 Å². The maximum absolute atomic E-state index is 4.41. The SMILES string of the molecule is CC1CCCNC1CN1CCN(c2nccs2)CC1. The third-order valence-corrected chi connectivity index (χ3v) is 5.28. The van der Waals surface area contributed by atoms with Crippen molar-refractivity contribution < 1.29 is 0 Å². The summed E-state index contributed by atoms with van der Waals surface area (Å²) in [5.41, 5.74) is 0. The Morgan fingerprint density at radius 2 is 2.21 bits per heavy atom. The van der Waals surface area contributed by atoms with Crippen LogP contribution >= 0.6 is 11.3 Å². The van der Waals surface area contributed by atoms with Gasteiger partial charge in [0, 0.05) is 50.3 Å². The number of hydrogen-bond donors (Lipinski definition) is 1. The van der Waals surface area contributed by atoms with E-state index in [9.17, 15) is 0 Å². The number of hydrogen-bond acceptors (Lipinski definition) is 5. The smallest absolute Gasteiger partial charge is 0.185 e. The van der Waals surface area contributed by atoms with Gasteiger partial charge in [-0.05, 0) is 25.3 Å². The van der Waals surface area contributed by atoms with E-state index < -0.39 is 0 Å². The first-order chi connectivity index (χ1) is 9.33. The predicted octanol–water partition coefficient (Wildman–Crippen LogP) is 1.65. The molecule has 0 aliphatic carbocycles. The Balaban J connectivity index is 1.47. The molecule has 1 aromatic rings. The second-order valence-electron chi connectivity index (χ2n) is 5.78. The highest BCUT2D eigenvalue weighted by atomic mass is 32.1. The Hall–Kier alpha value is -0.650. The van der Waals surface area contributed by atoms with E-state index in [-0.39, 0.29) is 0 Å². The number of rotatable bonds is 3. The summed E-state index contributed by atoms with van der Waals surface area (Å²) in [6.45, 7) is 9.39. The average molecular weight is 280 g/mol. The summed E-state index contributed by atoms with van der Waals surface area (Å²) in [6.07, 6.45) is 4.63. The van der Waals surface area contributed by atoms with Gasteiger partial charge in [0.1, 0.15) is 0 Å². The summed E-state index contributed by atoms with van der Waals surface area (Å²) in [5, 5.41) is 6.94. The van der Waals surface area contributed by atoms with Crippen LogP contribution in [0.3, 0.4) is 0 Å². The third kappa shape index (κ3) is 3.27. The topological polar surface area (TPSA) is 31.4 Å². The molecule has 3 heterocycles. The van der Waals surface area contributed by atoms with Crippen molar-refractivity contribution in [3.8, 4) is 0 Å². The molecule has 0 bridgehead atoms. The van der Waals surface area contributed by atoms with Crippen LogP contribution in [0.2, 0.25) is 0 Å². The molecule has 0 spiro atoms. The molecule has 2 aliphatic heterocycles. The zero-order valence-electron chi connectivity index (χ0n) is 11.7. The van der Waals surface area contributed by atoms with Crippen LogP contribution in [0.1, 0.15) is 19.8 Å². The second kappa shape index (κ2) is 6.20. The molecule has 2 aliphatic rings. The Kier molecular flexibility index (Phi) is 4.35. The quantitative estimate of drug-likeness (QED) is 0.912. The maximum atomic E-state index is 4.41. The van der Waals surface area contributed by atoms with Gasteiger partial charge in [0.25, 0.3) is 0 Å². The Morgan fingerprint density at radius 1 is 1.37 bits per heavy atom. The maximum Gasteiger partial charge on any atom is 0.185 e. The molecule has 2 saturated heterocycles. The minimum absolute atomic E-state index is 0.695. The van der Waals surface area contributed by atoms with E-state index in [2.05, 4.69) is 32.4 Å².